The molecule has 0 aliphatic rings. The summed E-state index contributed by atoms with van der Waals surface area (Å²) in [4.78, 5) is 29.0. The third-order valence-electron chi connectivity index (χ3n) is 5.58. The lowest BCUT2D eigenvalue weighted by molar-refractivity contribution is -0.121. The summed E-state index contributed by atoms with van der Waals surface area (Å²) in [6, 6.07) is 19.3. The fraction of sp³-hybridized carbons (Fsp3) is 0.0769. The topological polar surface area (TPSA) is 81.3 Å². The van der Waals surface area contributed by atoms with Crippen molar-refractivity contribution in [3.8, 4) is 0 Å². The number of benzene rings is 3. The summed E-state index contributed by atoms with van der Waals surface area (Å²) >= 11 is 5.99. The second kappa shape index (κ2) is 9.52. The number of halogens is 2. The minimum atomic E-state index is -0.489. The zero-order chi connectivity index (χ0) is 24.4. The number of amides is 1. The minimum Gasteiger partial charge on any atom is -0.342 e. The monoisotopic (exact) mass is 487 g/mol. The van der Waals surface area contributed by atoms with E-state index in [2.05, 4.69) is 20.1 Å². The Labute approximate surface area is 204 Å². The van der Waals surface area contributed by atoms with Gasteiger partial charge >= 0.3 is 0 Å². The average molecular weight is 488 g/mol. The molecule has 1 N–H and O–H groups in total. The van der Waals surface area contributed by atoms with Crippen LogP contribution < -0.4 is 11.0 Å². The van der Waals surface area contributed by atoms with Crippen LogP contribution in [0.25, 0.3) is 21.8 Å². The van der Waals surface area contributed by atoms with Crippen molar-refractivity contribution in [3.63, 3.8) is 0 Å². The number of fused-ring (bicyclic) bond motifs is 2. The first-order valence-electron chi connectivity index (χ1n) is 10.8. The van der Waals surface area contributed by atoms with E-state index in [4.69, 9.17) is 11.6 Å². The minimum absolute atomic E-state index is 0.235. The van der Waals surface area contributed by atoms with Crippen molar-refractivity contribution in [1.29, 1.82) is 0 Å². The number of hydrazone groups is 1. The van der Waals surface area contributed by atoms with Gasteiger partial charge in [-0.1, -0.05) is 41.9 Å². The number of hydrogen-bond acceptors (Lipinski definition) is 4. The SMILES string of the molecule is O=C(Cn1cnc2cc(F)ccc2c1=O)N/N=C/c1cn(Cc2ccc(Cl)cc2)c2ccccc12. The number of hydrogen-bond donors (Lipinski definition) is 1. The molecule has 2 aromatic heterocycles. The smallest absolute Gasteiger partial charge is 0.261 e. The Morgan fingerprint density at radius 3 is 2.69 bits per heavy atom. The number of para-hydroxylation sites is 1. The molecule has 9 heteroatoms. The van der Waals surface area contributed by atoms with Gasteiger partial charge in [0.1, 0.15) is 12.4 Å². The molecule has 35 heavy (non-hydrogen) atoms. The van der Waals surface area contributed by atoms with Gasteiger partial charge in [0.2, 0.25) is 0 Å². The Kier molecular flexibility index (Phi) is 6.12. The van der Waals surface area contributed by atoms with Crippen LogP contribution in [0.15, 0.2) is 89.2 Å². The first kappa shape index (κ1) is 22.5. The predicted molar refractivity (Wildman–Crippen MR) is 134 cm³/mol. The number of aromatic nitrogens is 3. The van der Waals surface area contributed by atoms with Crippen LogP contribution >= 0.6 is 11.6 Å². The van der Waals surface area contributed by atoms with Gasteiger partial charge < -0.3 is 4.57 Å². The van der Waals surface area contributed by atoms with E-state index in [-0.39, 0.29) is 17.4 Å². The van der Waals surface area contributed by atoms with Crippen LogP contribution in [0.4, 0.5) is 4.39 Å². The van der Waals surface area contributed by atoms with Crippen molar-refractivity contribution in [2.45, 2.75) is 13.1 Å². The molecule has 5 aromatic rings. The van der Waals surface area contributed by atoms with E-state index < -0.39 is 17.3 Å². The van der Waals surface area contributed by atoms with E-state index in [1.165, 1.54) is 24.5 Å². The average Bonchev–Trinajstić information content (AvgIpc) is 3.19. The van der Waals surface area contributed by atoms with Crippen molar-refractivity contribution in [2.75, 3.05) is 0 Å². The van der Waals surface area contributed by atoms with E-state index in [0.717, 1.165) is 26.6 Å². The van der Waals surface area contributed by atoms with Crippen molar-refractivity contribution >= 4 is 45.5 Å². The molecule has 0 fully saturated rings. The Morgan fingerprint density at radius 1 is 1.06 bits per heavy atom. The summed E-state index contributed by atoms with van der Waals surface area (Å²) in [5.41, 5.74) is 5.22. The number of nitrogens with one attached hydrogen (secondary N) is 1. The molecule has 3 aromatic carbocycles. The number of rotatable bonds is 6. The predicted octanol–water partition coefficient (Wildman–Crippen LogP) is 4.34. The Morgan fingerprint density at radius 2 is 1.86 bits per heavy atom. The fourth-order valence-electron chi connectivity index (χ4n) is 3.90. The van der Waals surface area contributed by atoms with Crippen LogP contribution in [-0.4, -0.2) is 26.2 Å². The summed E-state index contributed by atoms with van der Waals surface area (Å²) < 4.78 is 16.6. The number of nitrogens with zero attached hydrogens (tertiary/aromatic N) is 4. The lowest BCUT2D eigenvalue weighted by Gasteiger charge is -2.05. The van der Waals surface area contributed by atoms with Crippen LogP contribution in [0.1, 0.15) is 11.1 Å². The molecule has 2 heterocycles. The molecule has 7 nitrogen and oxygen atoms in total. The van der Waals surface area contributed by atoms with E-state index in [0.29, 0.717) is 11.6 Å². The molecule has 0 unspecified atom stereocenters. The van der Waals surface area contributed by atoms with E-state index in [1.54, 1.807) is 6.21 Å². The van der Waals surface area contributed by atoms with E-state index in [9.17, 15) is 14.0 Å². The highest BCUT2D eigenvalue weighted by Crippen LogP contribution is 2.22. The standard InChI is InChI=1S/C26H19ClFN5O2/c27-19-7-5-17(6-8-19)13-32-14-18(21-3-1-2-4-24(21)32)12-30-31-25(34)15-33-16-29-23-11-20(28)9-10-22(23)26(33)35/h1-12,14,16H,13,15H2,(H,31,34)/b30-12+. The number of carbonyl (C=O) groups is 1. The van der Waals surface area contributed by atoms with Crippen LogP contribution in [0.5, 0.6) is 0 Å². The highest BCUT2D eigenvalue weighted by atomic mass is 35.5. The van der Waals surface area contributed by atoms with Crippen LogP contribution in [0.3, 0.4) is 0 Å². The second-order valence-corrected chi connectivity index (χ2v) is 8.42. The molecule has 0 aliphatic carbocycles. The zero-order valence-corrected chi connectivity index (χ0v) is 19.1. The summed E-state index contributed by atoms with van der Waals surface area (Å²) in [5, 5.41) is 5.99. The molecule has 5 rings (SSSR count). The summed E-state index contributed by atoms with van der Waals surface area (Å²) in [6.07, 6.45) is 4.76. The van der Waals surface area contributed by atoms with Gasteiger partial charge in [-0.05, 0) is 35.9 Å². The van der Waals surface area contributed by atoms with Gasteiger partial charge in [0.15, 0.2) is 0 Å². The molecule has 0 atom stereocenters. The molecule has 0 aliphatic heterocycles. The highest BCUT2D eigenvalue weighted by Gasteiger charge is 2.10. The van der Waals surface area contributed by atoms with E-state index in [1.807, 2.05) is 54.7 Å². The molecular weight excluding hydrogens is 469 g/mol. The van der Waals surface area contributed by atoms with Gasteiger partial charge in [-0.3, -0.25) is 14.2 Å². The molecule has 1 amide bonds. The van der Waals surface area contributed by atoms with Gasteiger partial charge in [-0.25, -0.2) is 14.8 Å². The quantitative estimate of drug-likeness (QED) is 0.286. The van der Waals surface area contributed by atoms with Gasteiger partial charge in [-0.2, -0.15) is 5.10 Å². The van der Waals surface area contributed by atoms with Gasteiger partial charge in [0.25, 0.3) is 11.5 Å². The Balaban J connectivity index is 1.32. The molecule has 0 spiro atoms. The van der Waals surface area contributed by atoms with Crippen LogP contribution in [0.2, 0.25) is 5.02 Å². The lowest BCUT2D eigenvalue weighted by atomic mass is 10.2. The molecular formula is C26H19ClFN5O2. The largest absolute Gasteiger partial charge is 0.342 e. The maximum absolute atomic E-state index is 13.3. The van der Waals surface area contributed by atoms with E-state index >= 15 is 0 Å². The Hall–Kier alpha value is -4.30. The molecule has 0 saturated carbocycles. The maximum atomic E-state index is 13.3. The summed E-state index contributed by atoms with van der Waals surface area (Å²) in [5.74, 6) is -0.972. The van der Waals surface area contributed by atoms with Crippen molar-refractivity contribution < 1.29 is 9.18 Å². The first-order chi connectivity index (χ1) is 17.0. The second-order valence-electron chi connectivity index (χ2n) is 7.99. The number of carbonyl (C=O) groups excluding carboxylic acids is 1. The van der Waals surface area contributed by atoms with Crippen LogP contribution in [0, 0.1) is 5.82 Å². The van der Waals surface area contributed by atoms with Crippen LogP contribution in [-0.2, 0) is 17.9 Å². The lowest BCUT2D eigenvalue weighted by Crippen LogP contribution is -2.30. The maximum Gasteiger partial charge on any atom is 0.261 e. The third kappa shape index (κ3) is 4.83. The van der Waals surface area contributed by atoms with Gasteiger partial charge in [0.05, 0.1) is 23.4 Å². The first-order valence-corrected chi connectivity index (χ1v) is 11.1. The Bertz CT molecular complexity index is 1640. The summed E-state index contributed by atoms with van der Waals surface area (Å²) in [7, 11) is 0. The third-order valence-corrected chi connectivity index (χ3v) is 5.83. The van der Waals surface area contributed by atoms with Gasteiger partial charge in [0, 0.05) is 40.3 Å². The zero-order valence-electron chi connectivity index (χ0n) is 18.4. The van der Waals surface area contributed by atoms with Crippen molar-refractivity contribution in [1.82, 2.24) is 19.5 Å². The fourth-order valence-corrected chi connectivity index (χ4v) is 4.03. The molecule has 0 saturated heterocycles. The van der Waals surface area contributed by atoms with Gasteiger partial charge in [-0.15, -0.1) is 0 Å². The normalized spacial score (nSPS) is 11.5. The summed E-state index contributed by atoms with van der Waals surface area (Å²) in [6.45, 7) is 0.383. The molecule has 0 bridgehead atoms. The molecule has 0 radical (unpaired) electrons. The van der Waals surface area contributed by atoms with Crippen molar-refractivity contribution in [2.24, 2.45) is 5.10 Å². The highest BCUT2D eigenvalue weighted by molar-refractivity contribution is 6.30. The van der Waals surface area contributed by atoms with Crippen molar-refractivity contribution in [3.05, 3.63) is 112 Å². The molecule has 174 valence electrons.